The molecule has 1 N–H and O–H groups in total. The molecule has 25 heavy (non-hydrogen) atoms. The molecule has 1 aromatic heterocycles. The van der Waals surface area contributed by atoms with Crippen molar-refractivity contribution in [2.75, 3.05) is 26.8 Å². The number of methoxy groups -OCH3 is 1. The maximum Gasteiger partial charge on any atom is 0.118 e. The number of β-amino-alcohol motifs (C(OH)–C–C–N with tert-alkyl or cyclic N) is 1. The summed E-state index contributed by atoms with van der Waals surface area (Å²) in [5.41, 5.74) is 2.30. The van der Waals surface area contributed by atoms with Crippen LogP contribution >= 0.6 is 0 Å². The zero-order chi connectivity index (χ0) is 17.6. The summed E-state index contributed by atoms with van der Waals surface area (Å²) in [4.78, 5) is 2.33. The third kappa shape index (κ3) is 4.81. The van der Waals surface area contributed by atoms with Crippen LogP contribution in [0.25, 0.3) is 0 Å². The molecule has 3 rings (SSSR count). The highest BCUT2D eigenvalue weighted by atomic mass is 16.5. The van der Waals surface area contributed by atoms with Gasteiger partial charge in [0.1, 0.15) is 5.75 Å². The molecule has 0 radical (unpaired) electrons. The van der Waals surface area contributed by atoms with Gasteiger partial charge in [-0.15, -0.1) is 0 Å². The number of aliphatic hydroxyl groups is 1. The molecule has 0 aliphatic carbocycles. The summed E-state index contributed by atoms with van der Waals surface area (Å²) in [7, 11) is 3.59. The van der Waals surface area contributed by atoms with Gasteiger partial charge in [-0.2, -0.15) is 5.10 Å². The first-order valence-corrected chi connectivity index (χ1v) is 8.77. The van der Waals surface area contributed by atoms with Crippen LogP contribution in [0.1, 0.15) is 30.0 Å². The molecule has 6 nitrogen and oxygen atoms in total. The van der Waals surface area contributed by atoms with Crippen molar-refractivity contribution < 1.29 is 14.6 Å². The van der Waals surface area contributed by atoms with Gasteiger partial charge in [0.25, 0.3) is 0 Å². The van der Waals surface area contributed by atoms with Crippen LogP contribution in [0.5, 0.6) is 5.75 Å². The van der Waals surface area contributed by atoms with Crippen LogP contribution in [0.2, 0.25) is 0 Å². The Morgan fingerprint density at radius 1 is 1.32 bits per heavy atom. The molecular formula is C19H27N3O3. The predicted octanol–water partition coefficient (Wildman–Crippen LogP) is 2.14. The van der Waals surface area contributed by atoms with Crippen molar-refractivity contribution in [3.63, 3.8) is 0 Å². The smallest absolute Gasteiger partial charge is 0.118 e. The molecular weight excluding hydrogens is 318 g/mol. The quantitative estimate of drug-likeness (QED) is 0.794. The fourth-order valence-corrected chi connectivity index (χ4v) is 3.39. The number of likely N-dealkylation sites (tertiary alicyclic amines) is 1. The minimum Gasteiger partial charge on any atom is -0.497 e. The minimum absolute atomic E-state index is 0.336. The predicted molar refractivity (Wildman–Crippen MR) is 95.4 cm³/mol. The van der Waals surface area contributed by atoms with Gasteiger partial charge in [0, 0.05) is 31.4 Å². The molecule has 1 aliphatic heterocycles. The van der Waals surface area contributed by atoms with Crippen molar-refractivity contribution in [2.45, 2.75) is 31.6 Å². The molecule has 1 saturated heterocycles. The standard InChI is InChI=1S/C19H27N3O3/c1-21-11-16(10-20-21)19-4-3-9-22(19)12-17(23)14-25-13-15-5-7-18(24-2)8-6-15/h5-8,10-11,17,19,23H,3-4,9,12-14H2,1-2H3/t17-,19-/m0/s1. The Balaban J connectivity index is 1.44. The van der Waals surface area contributed by atoms with E-state index in [1.807, 2.05) is 42.2 Å². The number of hydrogen-bond donors (Lipinski definition) is 1. The van der Waals surface area contributed by atoms with Crippen molar-refractivity contribution >= 4 is 0 Å². The second kappa shape index (κ2) is 8.47. The third-order valence-corrected chi connectivity index (χ3v) is 4.66. The molecule has 1 aromatic carbocycles. The lowest BCUT2D eigenvalue weighted by molar-refractivity contribution is 0.00770. The summed E-state index contributed by atoms with van der Waals surface area (Å²) < 4.78 is 12.7. The van der Waals surface area contributed by atoms with E-state index in [0.717, 1.165) is 30.7 Å². The van der Waals surface area contributed by atoms with Gasteiger partial charge in [-0.05, 0) is 37.1 Å². The van der Waals surface area contributed by atoms with Crippen molar-refractivity contribution in [2.24, 2.45) is 7.05 Å². The fraction of sp³-hybridized carbons (Fsp3) is 0.526. The van der Waals surface area contributed by atoms with Gasteiger partial charge in [-0.1, -0.05) is 12.1 Å². The van der Waals surface area contributed by atoms with E-state index in [-0.39, 0.29) is 0 Å². The SMILES string of the molecule is COc1ccc(COC[C@@H](O)CN2CCC[C@H]2c2cnn(C)c2)cc1. The fourth-order valence-electron chi connectivity index (χ4n) is 3.39. The lowest BCUT2D eigenvalue weighted by atomic mass is 10.1. The highest BCUT2D eigenvalue weighted by Crippen LogP contribution is 2.31. The van der Waals surface area contributed by atoms with Crippen LogP contribution in [-0.4, -0.2) is 52.7 Å². The van der Waals surface area contributed by atoms with Gasteiger partial charge in [0.05, 0.1) is 32.6 Å². The Morgan fingerprint density at radius 2 is 2.12 bits per heavy atom. The van der Waals surface area contributed by atoms with Gasteiger partial charge < -0.3 is 14.6 Å². The molecule has 0 amide bonds. The largest absolute Gasteiger partial charge is 0.497 e. The Kier molecular flexibility index (Phi) is 6.07. The van der Waals surface area contributed by atoms with Crippen LogP contribution in [0.15, 0.2) is 36.7 Å². The summed E-state index contributed by atoms with van der Waals surface area (Å²) >= 11 is 0. The molecule has 1 aliphatic rings. The monoisotopic (exact) mass is 345 g/mol. The molecule has 6 heteroatoms. The molecule has 0 spiro atoms. The first-order chi connectivity index (χ1) is 12.2. The molecule has 0 bridgehead atoms. The Labute approximate surface area is 149 Å². The first kappa shape index (κ1) is 17.9. The highest BCUT2D eigenvalue weighted by Gasteiger charge is 2.28. The number of rotatable bonds is 8. The maximum absolute atomic E-state index is 10.3. The van der Waals surface area contributed by atoms with Gasteiger partial charge in [-0.25, -0.2) is 0 Å². The summed E-state index contributed by atoms with van der Waals surface area (Å²) in [5, 5.41) is 14.6. The molecule has 136 valence electrons. The Morgan fingerprint density at radius 3 is 2.80 bits per heavy atom. The molecule has 2 heterocycles. The minimum atomic E-state index is -0.490. The lowest BCUT2D eigenvalue weighted by Gasteiger charge is -2.26. The van der Waals surface area contributed by atoms with Gasteiger partial charge >= 0.3 is 0 Å². The van der Waals surface area contributed by atoms with Crippen molar-refractivity contribution in [3.05, 3.63) is 47.8 Å². The van der Waals surface area contributed by atoms with E-state index >= 15 is 0 Å². The molecule has 1 fully saturated rings. The summed E-state index contributed by atoms with van der Waals surface area (Å²) in [6, 6.07) is 8.13. The van der Waals surface area contributed by atoms with Crippen molar-refractivity contribution in [1.82, 2.24) is 14.7 Å². The number of benzene rings is 1. The van der Waals surface area contributed by atoms with Crippen molar-refractivity contribution in [1.29, 1.82) is 0 Å². The van der Waals surface area contributed by atoms with Crippen LogP contribution in [0.3, 0.4) is 0 Å². The average Bonchev–Trinajstić information content (AvgIpc) is 3.24. The first-order valence-electron chi connectivity index (χ1n) is 8.77. The van der Waals surface area contributed by atoms with Crippen LogP contribution in [0.4, 0.5) is 0 Å². The maximum atomic E-state index is 10.3. The number of hydrogen-bond acceptors (Lipinski definition) is 5. The second-order valence-electron chi connectivity index (χ2n) is 6.62. The number of aliphatic hydroxyl groups excluding tert-OH is 1. The topological polar surface area (TPSA) is 59.8 Å². The summed E-state index contributed by atoms with van der Waals surface area (Å²) in [5.74, 6) is 0.833. The van der Waals surface area contributed by atoms with Gasteiger partial charge in [0.15, 0.2) is 0 Å². The van der Waals surface area contributed by atoms with Crippen LogP contribution in [-0.2, 0) is 18.4 Å². The summed E-state index contributed by atoms with van der Waals surface area (Å²) in [6.45, 7) is 2.46. The molecule has 0 saturated carbocycles. The zero-order valence-electron chi connectivity index (χ0n) is 15.0. The molecule has 2 aromatic rings. The van der Waals surface area contributed by atoms with E-state index in [4.69, 9.17) is 9.47 Å². The van der Waals surface area contributed by atoms with E-state index in [1.165, 1.54) is 5.56 Å². The third-order valence-electron chi connectivity index (χ3n) is 4.66. The Hall–Kier alpha value is -1.89. The van der Waals surface area contributed by atoms with Crippen LogP contribution < -0.4 is 4.74 Å². The molecule has 0 unspecified atom stereocenters. The average molecular weight is 345 g/mol. The van der Waals surface area contributed by atoms with E-state index in [2.05, 4.69) is 16.2 Å². The van der Waals surface area contributed by atoms with Gasteiger partial charge in [0.2, 0.25) is 0 Å². The van der Waals surface area contributed by atoms with E-state index in [9.17, 15) is 5.11 Å². The Bertz CT molecular complexity index is 656. The second-order valence-corrected chi connectivity index (χ2v) is 6.62. The number of aromatic nitrogens is 2. The zero-order valence-corrected chi connectivity index (χ0v) is 15.0. The highest BCUT2D eigenvalue weighted by molar-refractivity contribution is 5.26. The number of aryl methyl sites for hydroxylation is 1. The normalized spacial score (nSPS) is 19.2. The summed E-state index contributed by atoms with van der Waals surface area (Å²) in [6.07, 6.45) is 5.77. The molecule has 2 atom stereocenters. The number of ether oxygens (including phenoxy) is 2. The van der Waals surface area contributed by atoms with E-state index in [0.29, 0.717) is 25.8 Å². The lowest BCUT2D eigenvalue weighted by Crippen LogP contribution is -2.34. The van der Waals surface area contributed by atoms with E-state index < -0.39 is 6.10 Å². The van der Waals surface area contributed by atoms with Crippen LogP contribution in [0, 0.1) is 0 Å². The number of nitrogens with zero attached hydrogens (tertiary/aromatic N) is 3. The van der Waals surface area contributed by atoms with E-state index in [1.54, 1.807) is 7.11 Å². The van der Waals surface area contributed by atoms with Gasteiger partial charge in [-0.3, -0.25) is 9.58 Å². The van der Waals surface area contributed by atoms with Crippen molar-refractivity contribution in [3.8, 4) is 5.75 Å².